The summed E-state index contributed by atoms with van der Waals surface area (Å²) in [6.07, 6.45) is 2.73. The van der Waals surface area contributed by atoms with Gasteiger partial charge in [0, 0.05) is 11.6 Å². The van der Waals surface area contributed by atoms with Crippen LogP contribution in [-0.4, -0.2) is 11.5 Å². The number of rotatable bonds is 5. The number of aryl methyl sites for hydroxylation is 1. The average Bonchev–Trinajstić information content (AvgIpc) is 2.85. The SMILES string of the molecule is Cc1cc(F)ccc1CCNC(C)c1nccs1. The van der Waals surface area contributed by atoms with Gasteiger partial charge in [-0.1, -0.05) is 6.07 Å². The van der Waals surface area contributed by atoms with Crippen LogP contribution in [0.15, 0.2) is 29.8 Å². The van der Waals surface area contributed by atoms with Crippen LogP contribution in [0.1, 0.15) is 29.1 Å². The summed E-state index contributed by atoms with van der Waals surface area (Å²) in [6.45, 7) is 4.92. The van der Waals surface area contributed by atoms with E-state index in [1.165, 1.54) is 11.6 Å². The van der Waals surface area contributed by atoms with E-state index in [4.69, 9.17) is 0 Å². The Morgan fingerprint density at radius 2 is 2.28 bits per heavy atom. The highest BCUT2D eigenvalue weighted by molar-refractivity contribution is 7.09. The Kier molecular flexibility index (Phi) is 4.44. The first kappa shape index (κ1) is 13.2. The summed E-state index contributed by atoms with van der Waals surface area (Å²) in [4.78, 5) is 4.28. The van der Waals surface area contributed by atoms with E-state index in [9.17, 15) is 4.39 Å². The van der Waals surface area contributed by atoms with Crippen molar-refractivity contribution in [1.82, 2.24) is 10.3 Å². The second-order valence-electron chi connectivity index (χ2n) is 4.37. The van der Waals surface area contributed by atoms with Crippen LogP contribution >= 0.6 is 11.3 Å². The summed E-state index contributed by atoms with van der Waals surface area (Å²) < 4.78 is 13.0. The van der Waals surface area contributed by atoms with E-state index < -0.39 is 0 Å². The fourth-order valence-corrected chi connectivity index (χ4v) is 2.57. The molecule has 0 radical (unpaired) electrons. The molecule has 1 N–H and O–H groups in total. The van der Waals surface area contributed by atoms with Gasteiger partial charge in [0.15, 0.2) is 0 Å². The van der Waals surface area contributed by atoms with E-state index in [-0.39, 0.29) is 11.9 Å². The number of nitrogens with zero attached hydrogens (tertiary/aromatic N) is 1. The smallest absolute Gasteiger partial charge is 0.123 e. The number of hydrogen-bond acceptors (Lipinski definition) is 3. The molecule has 0 bridgehead atoms. The molecule has 0 amide bonds. The maximum atomic E-state index is 13.0. The molecule has 0 saturated carbocycles. The summed E-state index contributed by atoms with van der Waals surface area (Å²) in [6, 6.07) is 5.23. The molecule has 18 heavy (non-hydrogen) atoms. The quantitative estimate of drug-likeness (QED) is 0.894. The lowest BCUT2D eigenvalue weighted by Gasteiger charge is -2.12. The van der Waals surface area contributed by atoms with Crippen molar-refractivity contribution >= 4 is 11.3 Å². The highest BCUT2D eigenvalue weighted by Gasteiger charge is 2.07. The summed E-state index contributed by atoms with van der Waals surface area (Å²) >= 11 is 1.66. The maximum Gasteiger partial charge on any atom is 0.123 e. The molecule has 1 atom stereocenters. The third kappa shape index (κ3) is 3.37. The Balaban J connectivity index is 1.85. The first-order valence-electron chi connectivity index (χ1n) is 6.04. The van der Waals surface area contributed by atoms with E-state index >= 15 is 0 Å². The van der Waals surface area contributed by atoms with Gasteiger partial charge in [0.05, 0.1) is 6.04 Å². The van der Waals surface area contributed by atoms with Crippen LogP contribution in [-0.2, 0) is 6.42 Å². The van der Waals surface area contributed by atoms with Gasteiger partial charge in [-0.15, -0.1) is 11.3 Å². The molecule has 1 unspecified atom stereocenters. The maximum absolute atomic E-state index is 13.0. The van der Waals surface area contributed by atoms with Crippen LogP contribution in [0, 0.1) is 12.7 Å². The summed E-state index contributed by atoms with van der Waals surface area (Å²) in [5.74, 6) is -0.166. The molecule has 2 nitrogen and oxygen atoms in total. The molecule has 0 spiro atoms. The number of aromatic nitrogens is 1. The third-order valence-corrected chi connectivity index (χ3v) is 3.93. The van der Waals surface area contributed by atoms with Crippen LogP contribution in [0.2, 0.25) is 0 Å². The van der Waals surface area contributed by atoms with Gasteiger partial charge >= 0.3 is 0 Å². The van der Waals surface area contributed by atoms with E-state index in [1.54, 1.807) is 17.4 Å². The van der Waals surface area contributed by atoms with E-state index in [1.807, 2.05) is 24.6 Å². The lowest BCUT2D eigenvalue weighted by Crippen LogP contribution is -2.21. The first-order valence-corrected chi connectivity index (χ1v) is 6.92. The molecular formula is C14H17FN2S. The van der Waals surface area contributed by atoms with Crippen LogP contribution in [0.3, 0.4) is 0 Å². The number of hydrogen-bond donors (Lipinski definition) is 1. The Bertz CT molecular complexity index is 497. The lowest BCUT2D eigenvalue weighted by molar-refractivity contribution is 0.572. The second kappa shape index (κ2) is 6.07. The fourth-order valence-electron chi connectivity index (χ4n) is 1.90. The summed E-state index contributed by atoms with van der Waals surface area (Å²) in [7, 11) is 0. The summed E-state index contributed by atoms with van der Waals surface area (Å²) in [5, 5.41) is 6.52. The van der Waals surface area contributed by atoms with Gasteiger partial charge < -0.3 is 5.32 Å². The Morgan fingerprint density at radius 1 is 1.44 bits per heavy atom. The standard InChI is InChI=1S/C14H17FN2S/c1-10-9-13(15)4-3-12(10)5-6-16-11(2)14-17-7-8-18-14/h3-4,7-9,11,16H,5-6H2,1-2H3. The van der Waals surface area contributed by atoms with Crippen molar-refractivity contribution in [2.75, 3.05) is 6.54 Å². The number of nitrogens with one attached hydrogen (secondary N) is 1. The number of benzene rings is 1. The lowest BCUT2D eigenvalue weighted by atomic mass is 10.1. The van der Waals surface area contributed by atoms with Gasteiger partial charge in [0.1, 0.15) is 10.8 Å². The van der Waals surface area contributed by atoms with Crippen molar-refractivity contribution in [3.8, 4) is 0 Å². The second-order valence-corrected chi connectivity index (χ2v) is 5.29. The molecule has 0 aliphatic rings. The molecule has 2 rings (SSSR count). The molecule has 96 valence electrons. The molecule has 0 fully saturated rings. The minimum Gasteiger partial charge on any atom is -0.308 e. The van der Waals surface area contributed by atoms with Crippen molar-refractivity contribution < 1.29 is 4.39 Å². The molecule has 0 aliphatic carbocycles. The Hall–Kier alpha value is -1.26. The molecule has 0 aliphatic heterocycles. The zero-order chi connectivity index (χ0) is 13.0. The van der Waals surface area contributed by atoms with Crippen LogP contribution in [0.4, 0.5) is 4.39 Å². The number of thiazole rings is 1. The first-order chi connectivity index (χ1) is 8.66. The zero-order valence-electron chi connectivity index (χ0n) is 10.6. The van der Waals surface area contributed by atoms with Crippen molar-refractivity contribution in [3.05, 3.63) is 51.7 Å². The molecule has 4 heteroatoms. The van der Waals surface area contributed by atoms with Crippen molar-refractivity contribution in [2.45, 2.75) is 26.3 Å². The highest BCUT2D eigenvalue weighted by atomic mass is 32.1. The monoisotopic (exact) mass is 264 g/mol. The van der Waals surface area contributed by atoms with Gasteiger partial charge in [-0.2, -0.15) is 0 Å². The Labute approximate surface area is 111 Å². The molecule has 1 aromatic heterocycles. The average molecular weight is 264 g/mol. The normalized spacial score (nSPS) is 12.6. The molecule has 1 heterocycles. The van der Waals surface area contributed by atoms with Crippen molar-refractivity contribution in [3.63, 3.8) is 0 Å². The van der Waals surface area contributed by atoms with Crippen molar-refractivity contribution in [2.24, 2.45) is 0 Å². The van der Waals surface area contributed by atoms with Crippen LogP contribution in [0.25, 0.3) is 0 Å². The zero-order valence-corrected chi connectivity index (χ0v) is 11.4. The largest absolute Gasteiger partial charge is 0.308 e. The summed E-state index contributed by atoms with van der Waals surface area (Å²) in [5.41, 5.74) is 2.20. The molecule has 0 saturated heterocycles. The molecule has 2 aromatic rings. The molecule has 1 aromatic carbocycles. The number of halogens is 1. The van der Waals surface area contributed by atoms with Gasteiger partial charge in [-0.25, -0.2) is 9.37 Å². The third-order valence-electron chi connectivity index (χ3n) is 2.97. The predicted molar refractivity (Wildman–Crippen MR) is 73.4 cm³/mol. The fraction of sp³-hybridized carbons (Fsp3) is 0.357. The Morgan fingerprint density at radius 3 is 2.94 bits per heavy atom. The minimum absolute atomic E-state index is 0.166. The van der Waals surface area contributed by atoms with E-state index in [0.29, 0.717) is 0 Å². The van der Waals surface area contributed by atoms with Gasteiger partial charge in [-0.3, -0.25) is 0 Å². The predicted octanol–water partition coefficient (Wildman–Crippen LogP) is 3.48. The minimum atomic E-state index is -0.166. The van der Waals surface area contributed by atoms with Gasteiger partial charge in [0.2, 0.25) is 0 Å². The van der Waals surface area contributed by atoms with E-state index in [0.717, 1.165) is 23.5 Å². The van der Waals surface area contributed by atoms with Gasteiger partial charge in [-0.05, 0) is 50.1 Å². The van der Waals surface area contributed by atoms with Crippen molar-refractivity contribution in [1.29, 1.82) is 0 Å². The van der Waals surface area contributed by atoms with E-state index in [2.05, 4.69) is 17.2 Å². The van der Waals surface area contributed by atoms with Crippen LogP contribution < -0.4 is 5.32 Å². The topological polar surface area (TPSA) is 24.9 Å². The highest BCUT2D eigenvalue weighted by Crippen LogP contribution is 2.15. The van der Waals surface area contributed by atoms with Gasteiger partial charge in [0.25, 0.3) is 0 Å². The van der Waals surface area contributed by atoms with Crippen LogP contribution in [0.5, 0.6) is 0 Å². The molecular weight excluding hydrogens is 247 g/mol.